The lowest BCUT2D eigenvalue weighted by Crippen LogP contribution is -2.36. The molecule has 11 rings (SSSR count). The van der Waals surface area contributed by atoms with Crippen LogP contribution in [0.25, 0.3) is 39.0 Å². The molecule has 0 amide bonds. The van der Waals surface area contributed by atoms with Gasteiger partial charge in [-0.3, -0.25) is 0 Å². The zero-order chi connectivity index (χ0) is 35.3. The molecule has 1 heteroatoms. The maximum absolute atomic E-state index is 2.61. The Balaban J connectivity index is 1.09. The molecule has 0 aliphatic heterocycles. The fourth-order valence-corrected chi connectivity index (χ4v) is 10.4. The van der Waals surface area contributed by atoms with Gasteiger partial charge in [-0.1, -0.05) is 172 Å². The maximum atomic E-state index is 2.61. The summed E-state index contributed by atoms with van der Waals surface area (Å²) in [5.74, 6) is 0. The standard InChI is InChI=1S/C52H39N/c1-51(2)45-20-10-6-16-39(45)43-30-28-37(32-49(43)51)53(36-26-24-35(25-27-36)34-14-4-3-5-15-34)38-29-31-44-42-19-9-13-23-48(42)52(50(44)33-38)46-21-11-7-17-40(46)41-18-8-12-22-47(41)52/h3-32,38H,33H2,1-2H3. The predicted octanol–water partition coefficient (Wildman–Crippen LogP) is 12.9. The predicted molar refractivity (Wildman–Crippen MR) is 221 cm³/mol. The first-order valence-corrected chi connectivity index (χ1v) is 19.0. The van der Waals surface area contributed by atoms with E-state index in [0.29, 0.717) is 0 Å². The number of hydrogen-bond donors (Lipinski definition) is 0. The van der Waals surface area contributed by atoms with Crippen molar-refractivity contribution in [2.75, 3.05) is 4.90 Å². The van der Waals surface area contributed by atoms with Crippen LogP contribution in [0.15, 0.2) is 188 Å². The van der Waals surface area contributed by atoms with E-state index >= 15 is 0 Å². The Hall–Kier alpha value is -6.18. The molecule has 0 bridgehead atoms. The Morgan fingerprint density at radius 2 is 0.943 bits per heavy atom. The van der Waals surface area contributed by atoms with Gasteiger partial charge in [0.15, 0.2) is 0 Å². The second-order valence-corrected chi connectivity index (χ2v) is 15.6. The molecular formula is C52H39N. The van der Waals surface area contributed by atoms with Crippen LogP contribution in [-0.2, 0) is 10.8 Å². The SMILES string of the molecule is CC1(C)c2ccccc2-c2ccc(N(c3ccc(-c4ccccc4)cc3)C3C=CC4=C(C3)C3(c5ccccc54)c4ccccc4-c4ccccc43)cc21. The molecule has 4 aliphatic rings. The topological polar surface area (TPSA) is 3.24 Å². The van der Waals surface area contributed by atoms with Gasteiger partial charge in [0.1, 0.15) is 0 Å². The Morgan fingerprint density at radius 1 is 0.453 bits per heavy atom. The summed E-state index contributed by atoms with van der Waals surface area (Å²) in [6, 6.07) is 63.6. The monoisotopic (exact) mass is 677 g/mol. The molecule has 4 aliphatic carbocycles. The first-order valence-electron chi connectivity index (χ1n) is 19.0. The fraction of sp³-hybridized carbons (Fsp3) is 0.115. The van der Waals surface area contributed by atoms with Crippen molar-refractivity contribution in [3.05, 3.63) is 221 Å². The molecule has 1 unspecified atom stereocenters. The lowest BCUT2D eigenvalue weighted by atomic mass is 9.67. The van der Waals surface area contributed by atoms with E-state index in [1.165, 1.54) is 89.3 Å². The van der Waals surface area contributed by atoms with Crippen molar-refractivity contribution in [2.24, 2.45) is 0 Å². The van der Waals surface area contributed by atoms with Crippen molar-refractivity contribution in [1.29, 1.82) is 0 Å². The third-order valence-electron chi connectivity index (χ3n) is 12.7. The van der Waals surface area contributed by atoms with E-state index in [4.69, 9.17) is 0 Å². The number of rotatable bonds is 4. The van der Waals surface area contributed by atoms with E-state index in [2.05, 4.69) is 201 Å². The number of nitrogens with zero attached hydrogens (tertiary/aromatic N) is 1. The molecule has 0 aromatic heterocycles. The van der Waals surface area contributed by atoms with Gasteiger partial charge in [0.05, 0.1) is 11.5 Å². The summed E-state index contributed by atoms with van der Waals surface area (Å²) in [6.45, 7) is 4.76. The van der Waals surface area contributed by atoms with E-state index < -0.39 is 0 Å². The fourth-order valence-electron chi connectivity index (χ4n) is 10.4. The highest BCUT2D eigenvalue weighted by Gasteiger charge is 2.53. The Morgan fingerprint density at radius 3 is 1.60 bits per heavy atom. The number of hydrogen-bond acceptors (Lipinski definition) is 1. The van der Waals surface area contributed by atoms with Crippen LogP contribution in [0.3, 0.4) is 0 Å². The summed E-state index contributed by atoms with van der Waals surface area (Å²) < 4.78 is 0. The summed E-state index contributed by atoms with van der Waals surface area (Å²) in [4.78, 5) is 2.61. The normalized spacial score (nSPS) is 17.5. The minimum atomic E-state index is -0.327. The first-order chi connectivity index (χ1) is 26.0. The summed E-state index contributed by atoms with van der Waals surface area (Å²) in [6.07, 6.45) is 5.82. The second-order valence-electron chi connectivity index (χ2n) is 15.6. The van der Waals surface area contributed by atoms with Crippen molar-refractivity contribution in [1.82, 2.24) is 0 Å². The van der Waals surface area contributed by atoms with Gasteiger partial charge in [-0.25, -0.2) is 0 Å². The lowest BCUT2D eigenvalue weighted by Gasteiger charge is -2.39. The molecule has 1 atom stereocenters. The molecule has 0 radical (unpaired) electrons. The van der Waals surface area contributed by atoms with Crippen LogP contribution in [0.5, 0.6) is 0 Å². The van der Waals surface area contributed by atoms with Gasteiger partial charge < -0.3 is 4.90 Å². The smallest absolute Gasteiger partial charge is 0.0689 e. The molecule has 0 saturated carbocycles. The average molecular weight is 678 g/mol. The van der Waals surface area contributed by atoms with Crippen molar-refractivity contribution < 1.29 is 0 Å². The molecule has 0 fully saturated rings. The van der Waals surface area contributed by atoms with Crippen LogP contribution in [0.1, 0.15) is 53.6 Å². The first kappa shape index (κ1) is 30.4. The summed E-state index contributed by atoms with van der Waals surface area (Å²) in [5.41, 5.74) is 21.2. The highest BCUT2D eigenvalue weighted by atomic mass is 15.2. The van der Waals surface area contributed by atoms with Crippen molar-refractivity contribution in [2.45, 2.75) is 37.1 Å². The number of allylic oxidation sites excluding steroid dienone is 2. The Kier molecular flexibility index (Phi) is 6.41. The van der Waals surface area contributed by atoms with Crippen molar-refractivity contribution >= 4 is 16.9 Å². The van der Waals surface area contributed by atoms with Crippen LogP contribution in [-0.4, -0.2) is 6.04 Å². The largest absolute Gasteiger partial charge is 0.334 e. The molecular weight excluding hydrogens is 639 g/mol. The Bertz CT molecular complexity index is 2630. The molecule has 0 saturated heterocycles. The van der Waals surface area contributed by atoms with Gasteiger partial charge in [-0.15, -0.1) is 0 Å². The highest BCUT2D eigenvalue weighted by molar-refractivity contribution is 5.97. The molecule has 0 N–H and O–H groups in total. The maximum Gasteiger partial charge on any atom is 0.0689 e. The van der Waals surface area contributed by atoms with Gasteiger partial charge in [-0.2, -0.15) is 0 Å². The molecule has 1 nitrogen and oxygen atoms in total. The van der Waals surface area contributed by atoms with Crippen LogP contribution in [0.2, 0.25) is 0 Å². The molecule has 1 spiro atoms. The molecule has 7 aromatic rings. The van der Waals surface area contributed by atoms with Gasteiger partial charge in [0.25, 0.3) is 0 Å². The van der Waals surface area contributed by atoms with Crippen LogP contribution >= 0.6 is 0 Å². The van der Waals surface area contributed by atoms with E-state index in [1.54, 1.807) is 0 Å². The minimum absolute atomic E-state index is 0.0860. The zero-order valence-corrected chi connectivity index (χ0v) is 30.1. The number of fused-ring (bicyclic) bond motifs is 12. The molecule has 7 aromatic carbocycles. The van der Waals surface area contributed by atoms with Gasteiger partial charge >= 0.3 is 0 Å². The van der Waals surface area contributed by atoms with Crippen molar-refractivity contribution in [3.63, 3.8) is 0 Å². The molecule has 252 valence electrons. The third-order valence-corrected chi connectivity index (χ3v) is 12.7. The number of benzene rings is 7. The van der Waals surface area contributed by atoms with E-state index in [9.17, 15) is 0 Å². The summed E-state index contributed by atoms with van der Waals surface area (Å²) in [7, 11) is 0. The average Bonchev–Trinajstić information content (AvgIpc) is 3.77. The minimum Gasteiger partial charge on any atom is -0.334 e. The van der Waals surface area contributed by atoms with E-state index in [0.717, 1.165) is 6.42 Å². The van der Waals surface area contributed by atoms with E-state index in [-0.39, 0.29) is 16.9 Å². The number of anilines is 2. The molecule has 0 heterocycles. The quantitative estimate of drug-likeness (QED) is 0.179. The second kappa shape index (κ2) is 11.2. The highest BCUT2D eigenvalue weighted by Crippen LogP contribution is 2.64. The summed E-state index contributed by atoms with van der Waals surface area (Å²) >= 11 is 0. The summed E-state index contributed by atoms with van der Waals surface area (Å²) in [5, 5.41) is 0. The third kappa shape index (κ3) is 4.14. The molecule has 53 heavy (non-hydrogen) atoms. The van der Waals surface area contributed by atoms with Crippen LogP contribution in [0, 0.1) is 0 Å². The Labute approximate surface area is 312 Å². The van der Waals surface area contributed by atoms with Crippen molar-refractivity contribution in [3.8, 4) is 33.4 Å². The lowest BCUT2D eigenvalue weighted by molar-refractivity contribution is 0.654. The van der Waals surface area contributed by atoms with Gasteiger partial charge in [-0.05, 0) is 109 Å². The van der Waals surface area contributed by atoms with Crippen LogP contribution < -0.4 is 4.90 Å². The van der Waals surface area contributed by atoms with Crippen LogP contribution in [0.4, 0.5) is 11.4 Å². The van der Waals surface area contributed by atoms with E-state index in [1.807, 2.05) is 0 Å². The van der Waals surface area contributed by atoms with Gasteiger partial charge in [0, 0.05) is 16.8 Å². The zero-order valence-electron chi connectivity index (χ0n) is 30.1. The van der Waals surface area contributed by atoms with Gasteiger partial charge in [0.2, 0.25) is 0 Å².